The van der Waals surface area contributed by atoms with Gasteiger partial charge in [0.15, 0.2) is 12.0 Å². The van der Waals surface area contributed by atoms with Crippen molar-refractivity contribution in [1.82, 2.24) is 0 Å². The Morgan fingerprint density at radius 1 is 0.933 bits per heavy atom. The summed E-state index contributed by atoms with van der Waals surface area (Å²) < 4.78 is 10.5. The largest absolute Gasteiger partial charge is 0.462 e. The molecule has 0 aliphatic rings. The Bertz CT molecular complexity index is 488. The molecule has 2 heterocycles. The molecule has 3 heteroatoms. The molecule has 2 rings (SSSR count). The van der Waals surface area contributed by atoms with Gasteiger partial charge in [0.2, 0.25) is 0 Å². The minimum atomic E-state index is 0.324. The molecule has 0 bridgehead atoms. The maximum Gasteiger partial charge on any atom is 0.185 e. The third-order valence-corrected chi connectivity index (χ3v) is 1.94. The fourth-order valence-corrected chi connectivity index (χ4v) is 1.23. The molecule has 0 fully saturated rings. The fourth-order valence-electron chi connectivity index (χ4n) is 1.23. The lowest BCUT2D eigenvalue weighted by molar-refractivity contribution is 0.110. The van der Waals surface area contributed by atoms with Crippen LogP contribution in [0.4, 0.5) is 0 Å². The van der Waals surface area contributed by atoms with Crippen LogP contribution in [-0.4, -0.2) is 6.29 Å². The van der Waals surface area contributed by atoms with Crippen molar-refractivity contribution in [3.8, 4) is 0 Å². The molecule has 0 atom stereocenters. The van der Waals surface area contributed by atoms with Crippen LogP contribution >= 0.6 is 0 Å². The van der Waals surface area contributed by atoms with E-state index in [4.69, 9.17) is 8.83 Å². The molecule has 2 aromatic rings. The van der Waals surface area contributed by atoms with Gasteiger partial charge in [0.05, 0.1) is 0 Å². The van der Waals surface area contributed by atoms with Gasteiger partial charge in [0, 0.05) is 0 Å². The van der Waals surface area contributed by atoms with Crippen molar-refractivity contribution >= 4 is 18.4 Å². The van der Waals surface area contributed by atoms with Crippen molar-refractivity contribution in [2.45, 2.75) is 6.92 Å². The highest BCUT2D eigenvalue weighted by Gasteiger charge is 1.97. The highest BCUT2D eigenvalue weighted by atomic mass is 16.3. The van der Waals surface area contributed by atoms with Gasteiger partial charge in [-0.2, -0.15) is 0 Å². The van der Waals surface area contributed by atoms with Gasteiger partial charge >= 0.3 is 0 Å². The van der Waals surface area contributed by atoms with E-state index in [1.165, 1.54) is 0 Å². The van der Waals surface area contributed by atoms with Crippen LogP contribution in [0.15, 0.2) is 33.1 Å². The van der Waals surface area contributed by atoms with Gasteiger partial charge < -0.3 is 8.83 Å². The summed E-state index contributed by atoms with van der Waals surface area (Å²) in [4.78, 5) is 10.4. The first kappa shape index (κ1) is 9.52. The molecule has 76 valence electrons. The molecule has 0 saturated heterocycles. The average Bonchev–Trinajstić information content (AvgIpc) is 2.83. The van der Waals surface area contributed by atoms with Crippen molar-refractivity contribution in [3.63, 3.8) is 0 Å². The zero-order valence-electron chi connectivity index (χ0n) is 8.27. The Morgan fingerprint density at radius 2 is 1.53 bits per heavy atom. The van der Waals surface area contributed by atoms with E-state index in [0.717, 1.165) is 11.5 Å². The Kier molecular flexibility index (Phi) is 2.54. The molecule has 2 aromatic heterocycles. The Labute approximate surface area is 87.0 Å². The second-order valence-electron chi connectivity index (χ2n) is 3.14. The van der Waals surface area contributed by atoms with E-state index in [0.29, 0.717) is 17.8 Å². The van der Waals surface area contributed by atoms with Crippen LogP contribution in [0.25, 0.3) is 12.2 Å². The van der Waals surface area contributed by atoms with E-state index in [1.54, 1.807) is 24.3 Å². The van der Waals surface area contributed by atoms with Crippen molar-refractivity contribution < 1.29 is 13.6 Å². The molecule has 15 heavy (non-hydrogen) atoms. The molecular formula is C12H10O3. The summed E-state index contributed by atoms with van der Waals surface area (Å²) in [5, 5.41) is 0. The molecule has 0 unspecified atom stereocenters. The number of hydrogen-bond donors (Lipinski definition) is 0. The summed E-state index contributed by atoms with van der Waals surface area (Å²) in [5.41, 5.74) is 0. The number of carbonyl (C=O) groups excluding carboxylic acids is 1. The monoisotopic (exact) mass is 202 g/mol. The quantitative estimate of drug-likeness (QED) is 0.718. The van der Waals surface area contributed by atoms with Gasteiger partial charge in [-0.25, -0.2) is 0 Å². The third-order valence-electron chi connectivity index (χ3n) is 1.94. The molecule has 0 saturated carbocycles. The lowest BCUT2D eigenvalue weighted by Gasteiger charge is -1.85. The number of rotatable bonds is 3. The number of carbonyl (C=O) groups is 1. The molecule has 0 spiro atoms. The van der Waals surface area contributed by atoms with E-state index in [1.807, 2.05) is 19.1 Å². The van der Waals surface area contributed by atoms with Crippen molar-refractivity contribution in [1.29, 1.82) is 0 Å². The standard InChI is InChI=1S/C12H10O3/c1-9-2-3-10(14-9)4-5-11-6-7-12(8-13)15-11/h2-8H,1H3. The van der Waals surface area contributed by atoms with E-state index in [9.17, 15) is 4.79 Å². The molecule has 0 N–H and O–H groups in total. The smallest absolute Gasteiger partial charge is 0.185 e. The molecule has 0 amide bonds. The van der Waals surface area contributed by atoms with Crippen LogP contribution in [0.3, 0.4) is 0 Å². The van der Waals surface area contributed by atoms with Crippen LogP contribution < -0.4 is 0 Å². The summed E-state index contributed by atoms with van der Waals surface area (Å²) in [5.74, 6) is 2.58. The van der Waals surface area contributed by atoms with Crippen molar-refractivity contribution in [3.05, 3.63) is 47.3 Å². The van der Waals surface area contributed by atoms with E-state index in [2.05, 4.69) is 0 Å². The molecule has 0 aliphatic heterocycles. The number of aldehydes is 1. The number of aryl methyl sites for hydroxylation is 1. The number of hydrogen-bond acceptors (Lipinski definition) is 3. The maximum atomic E-state index is 10.4. The first-order valence-electron chi connectivity index (χ1n) is 4.57. The first-order chi connectivity index (χ1) is 7.28. The normalized spacial score (nSPS) is 11.0. The second-order valence-corrected chi connectivity index (χ2v) is 3.14. The van der Waals surface area contributed by atoms with E-state index in [-0.39, 0.29) is 0 Å². The zero-order chi connectivity index (χ0) is 10.7. The molecular weight excluding hydrogens is 192 g/mol. The molecule has 0 aliphatic carbocycles. The van der Waals surface area contributed by atoms with Gasteiger partial charge in [-0.15, -0.1) is 0 Å². The van der Waals surface area contributed by atoms with E-state index < -0.39 is 0 Å². The Morgan fingerprint density at radius 3 is 2.07 bits per heavy atom. The number of furan rings is 2. The van der Waals surface area contributed by atoms with E-state index >= 15 is 0 Å². The highest BCUT2D eigenvalue weighted by molar-refractivity contribution is 5.72. The van der Waals surface area contributed by atoms with Gasteiger partial charge in [-0.3, -0.25) is 4.79 Å². The predicted molar refractivity (Wildman–Crippen MR) is 56.5 cm³/mol. The average molecular weight is 202 g/mol. The summed E-state index contributed by atoms with van der Waals surface area (Å²) in [7, 11) is 0. The maximum absolute atomic E-state index is 10.4. The van der Waals surface area contributed by atoms with Crippen LogP contribution in [0.5, 0.6) is 0 Å². The lowest BCUT2D eigenvalue weighted by atomic mass is 10.3. The zero-order valence-corrected chi connectivity index (χ0v) is 8.27. The molecule has 3 nitrogen and oxygen atoms in total. The van der Waals surface area contributed by atoms with Crippen LogP contribution in [0, 0.1) is 6.92 Å². The van der Waals surface area contributed by atoms with Crippen LogP contribution in [0.2, 0.25) is 0 Å². The van der Waals surface area contributed by atoms with Gasteiger partial charge in [0.1, 0.15) is 17.3 Å². The Balaban J connectivity index is 2.14. The van der Waals surface area contributed by atoms with Crippen molar-refractivity contribution in [2.75, 3.05) is 0 Å². The predicted octanol–water partition coefficient (Wildman–Crippen LogP) is 3.16. The first-order valence-corrected chi connectivity index (χ1v) is 4.57. The fraction of sp³-hybridized carbons (Fsp3) is 0.0833. The summed E-state index contributed by atoms with van der Waals surface area (Å²) >= 11 is 0. The summed E-state index contributed by atoms with van der Waals surface area (Å²) in [6.45, 7) is 1.88. The minimum absolute atomic E-state index is 0.324. The van der Waals surface area contributed by atoms with Gasteiger partial charge in [-0.05, 0) is 43.3 Å². The summed E-state index contributed by atoms with van der Waals surface area (Å²) in [6.07, 6.45) is 4.22. The highest BCUT2D eigenvalue weighted by Crippen LogP contribution is 2.12. The minimum Gasteiger partial charge on any atom is -0.462 e. The Hall–Kier alpha value is -2.03. The second kappa shape index (κ2) is 4.00. The lowest BCUT2D eigenvalue weighted by Crippen LogP contribution is -1.68. The summed E-state index contributed by atoms with van der Waals surface area (Å²) in [6, 6.07) is 7.12. The van der Waals surface area contributed by atoms with Gasteiger partial charge in [-0.1, -0.05) is 0 Å². The molecule has 0 radical (unpaired) electrons. The topological polar surface area (TPSA) is 43.4 Å². The van der Waals surface area contributed by atoms with Crippen molar-refractivity contribution in [2.24, 2.45) is 0 Å². The molecule has 0 aromatic carbocycles. The SMILES string of the molecule is Cc1ccc(C=Cc2ccc(C=O)o2)o1. The van der Waals surface area contributed by atoms with Crippen LogP contribution in [-0.2, 0) is 0 Å². The van der Waals surface area contributed by atoms with Gasteiger partial charge in [0.25, 0.3) is 0 Å². The van der Waals surface area contributed by atoms with Crippen LogP contribution in [0.1, 0.15) is 27.8 Å². The third kappa shape index (κ3) is 2.26.